The molecule has 0 spiro atoms. The smallest absolute Gasteiger partial charge is 0.399 e. The fourth-order valence-electron chi connectivity index (χ4n) is 4.12. The van der Waals surface area contributed by atoms with Crippen molar-refractivity contribution in [2.75, 3.05) is 0 Å². The molecule has 0 N–H and O–H groups in total. The average molecular weight is 340 g/mol. The molecule has 0 unspecified atom stereocenters. The summed E-state index contributed by atoms with van der Waals surface area (Å²) >= 11 is 0. The van der Waals surface area contributed by atoms with Crippen molar-refractivity contribution in [2.24, 2.45) is 5.92 Å². The lowest BCUT2D eigenvalue weighted by Gasteiger charge is -2.32. The van der Waals surface area contributed by atoms with Crippen molar-refractivity contribution in [3.8, 4) is 0 Å². The topological polar surface area (TPSA) is 36.3 Å². The first-order valence-electron chi connectivity index (χ1n) is 9.59. The largest absolute Gasteiger partial charge is 0.494 e. The molecule has 5 heteroatoms. The maximum absolute atomic E-state index is 6.18. The highest BCUT2D eigenvalue weighted by Crippen LogP contribution is 2.37. The van der Waals surface area contributed by atoms with E-state index in [2.05, 4.69) is 62.4 Å². The summed E-state index contributed by atoms with van der Waals surface area (Å²) in [5.41, 5.74) is 2.67. The van der Waals surface area contributed by atoms with Crippen LogP contribution in [0.25, 0.3) is 11.0 Å². The van der Waals surface area contributed by atoms with E-state index in [0.717, 1.165) is 16.9 Å². The highest BCUT2D eigenvalue weighted by Gasteiger charge is 2.51. The molecule has 2 aromatic rings. The van der Waals surface area contributed by atoms with Gasteiger partial charge in [-0.15, -0.1) is 0 Å². The quantitative estimate of drug-likeness (QED) is 0.773. The lowest BCUT2D eigenvalue weighted by atomic mass is 9.79. The van der Waals surface area contributed by atoms with E-state index in [1.54, 1.807) is 0 Å². The molecule has 2 atom stereocenters. The predicted molar refractivity (Wildman–Crippen MR) is 102 cm³/mol. The van der Waals surface area contributed by atoms with Crippen LogP contribution in [0.2, 0.25) is 0 Å². The Bertz CT molecular complexity index is 767. The summed E-state index contributed by atoms with van der Waals surface area (Å²) in [5, 5.41) is 0. The van der Waals surface area contributed by atoms with Crippen molar-refractivity contribution < 1.29 is 9.31 Å². The molecule has 0 radical (unpaired) electrons. The fourth-order valence-corrected chi connectivity index (χ4v) is 4.12. The first kappa shape index (κ1) is 17.1. The van der Waals surface area contributed by atoms with Crippen LogP contribution in [0.15, 0.2) is 24.5 Å². The molecule has 2 aliphatic rings. The van der Waals surface area contributed by atoms with Crippen molar-refractivity contribution >= 4 is 23.6 Å². The van der Waals surface area contributed by atoms with Gasteiger partial charge in [-0.2, -0.15) is 0 Å². The summed E-state index contributed by atoms with van der Waals surface area (Å²) in [5.74, 6) is 0.806. The standard InChI is InChI=1S/C20H29BN2O2/c1-14-7-6-8-16(11-14)23-13-22-17-12-15(9-10-18(17)23)21-24-19(2,3)20(4,5)25-21/h9-10,12-14,16H,6-8,11H2,1-5H3/t14-,16-/m1/s1. The van der Waals surface area contributed by atoms with Gasteiger partial charge in [0.15, 0.2) is 0 Å². The Morgan fingerprint density at radius 1 is 1.12 bits per heavy atom. The van der Waals surface area contributed by atoms with Crippen molar-refractivity contribution in [2.45, 2.75) is 77.5 Å². The minimum Gasteiger partial charge on any atom is -0.399 e. The highest BCUT2D eigenvalue weighted by molar-refractivity contribution is 6.62. The van der Waals surface area contributed by atoms with Gasteiger partial charge in [-0.05, 0) is 64.1 Å². The average Bonchev–Trinajstić information content (AvgIpc) is 3.05. The number of benzene rings is 1. The third-order valence-electron chi connectivity index (χ3n) is 6.43. The first-order chi connectivity index (χ1) is 11.8. The Morgan fingerprint density at radius 2 is 1.84 bits per heavy atom. The summed E-state index contributed by atoms with van der Waals surface area (Å²) in [7, 11) is -0.325. The SMILES string of the molecule is C[C@@H]1CCC[C@@H](n2cnc3cc(B4OC(C)(C)C(C)(C)O4)ccc32)C1. The van der Waals surface area contributed by atoms with Gasteiger partial charge in [-0.3, -0.25) is 0 Å². The molecular formula is C20H29BN2O2. The van der Waals surface area contributed by atoms with Crippen LogP contribution in [0.3, 0.4) is 0 Å². The third kappa shape index (κ3) is 2.91. The molecule has 1 aliphatic heterocycles. The molecule has 25 heavy (non-hydrogen) atoms. The van der Waals surface area contributed by atoms with Gasteiger partial charge < -0.3 is 13.9 Å². The van der Waals surface area contributed by atoms with Crippen molar-refractivity contribution in [1.29, 1.82) is 0 Å². The van der Waals surface area contributed by atoms with Crippen LogP contribution in [0.4, 0.5) is 0 Å². The van der Waals surface area contributed by atoms with Crippen LogP contribution in [0.5, 0.6) is 0 Å². The third-order valence-corrected chi connectivity index (χ3v) is 6.43. The number of fused-ring (bicyclic) bond motifs is 1. The summed E-state index contributed by atoms with van der Waals surface area (Å²) < 4.78 is 14.7. The molecule has 1 saturated heterocycles. The van der Waals surface area contributed by atoms with Crippen molar-refractivity contribution in [3.63, 3.8) is 0 Å². The van der Waals surface area contributed by atoms with E-state index >= 15 is 0 Å². The molecule has 1 aromatic carbocycles. The molecule has 4 rings (SSSR count). The highest BCUT2D eigenvalue weighted by atomic mass is 16.7. The Kier molecular flexibility index (Phi) is 4.00. The Labute approximate surface area is 151 Å². The summed E-state index contributed by atoms with van der Waals surface area (Å²) in [4.78, 5) is 4.68. The van der Waals surface area contributed by atoms with Gasteiger partial charge in [0.2, 0.25) is 0 Å². The second-order valence-electron chi connectivity index (χ2n) is 8.91. The minimum absolute atomic E-state index is 0.315. The zero-order valence-corrected chi connectivity index (χ0v) is 16.1. The molecule has 2 heterocycles. The molecule has 134 valence electrons. The van der Waals surface area contributed by atoms with Gasteiger partial charge in [0.25, 0.3) is 0 Å². The summed E-state index contributed by atoms with van der Waals surface area (Å²) in [6.45, 7) is 10.7. The van der Waals surface area contributed by atoms with E-state index in [9.17, 15) is 0 Å². The first-order valence-corrected chi connectivity index (χ1v) is 9.59. The number of hydrogen-bond acceptors (Lipinski definition) is 3. The predicted octanol–water partition coefficient (Wildman–Crippen LogP) is 4.09. The van der Waals surface area contributed by atoms with Crippen LogP contribution in [0.1, 0.15) is 66.3 Å². The normalized spacial score (nSPS) is 28.6. The lowest BCUT2D eigenvalue weighted by molar-refractivity contribution is 0.00578. The van der Waals surface area contributed by atoms with E-state index in [-0.39, 0.29) is 18.3 Å². The van der Waals surface area contributed by atoms with E-state index in [1.807, 2.05) is 6.33 Å². The molecule has 1 saturated carbocycles. The number of aromatic nitrogens is 2. The van der Waals surface area contributed by atoms with Gasteiger partial charge in [0.1, 0.15) is 0 Å². The van der Waals surface area contributed by atoms with Crippen LogP contribution in [-0.2, 0) is 9.31 Å². The van der Waals surface area contributed by atoms with Crippen LogP contribution < -0.4 is 5.46 Å². The Balaban J connectivity index is 1.62. The number of rotatable bonds is 2. The van der Waals surface area contributed by atoms with Crippen LogP contribution in [0, 0.1) is 5.92 Å². The molecule has 1 aliphatic carbocycles. The molecular weight excluding hydrogens is 311 g/mol. The number of nitrogens with zero attached hydrogens (tertiary/aromatic N) is 2. The monoisotopic (exact) mass is 340 g/mol. The van der Waals surface area contributed by atoms with Gasteiger partial charge in [-0.1, -0.05) is 25.8 Å². The van der Waals surface area contributed by atoms with E-state index in [0.29, 0.717) is 6.04 Å². The maximum atomic E-state index is 6.18. The number of hydrogen-bond donors (Lipinski definition) is 0. The van der Waals surface area contributed by atoms with Crippen LogP contribution >= 0.6 is 0 Å². The van der Waals surface area contributed by atoms with E-state index in [4.69, 9.17) is 9.31 Å². The Morgan fingerprint density at radius 3 is 2.52 bits per heavy atom. The van der Waals surface area contributed by atoms with Crippen molar-refractivity contribution in [3.05, 3.63) is 24.5 Å². The minimum atomic E-state index is -0.325. The zero-order chi connectivity index (χ0) is 17.8. The van der Waals surface area contributed by atoms with Gasteiger partial charge in [0, 0.05) is 6.04 Å². The summed E-state index contributed by atoms with van der Waals surface area (Å²) in [6.07, 6.45) is 7.20. The van der Waals surface area contributed by atoms with Gasteiger partial charge in [0.05, 0.1) is 28.6 Å². The van der Waals surface area contributed by atoms with Gasteiger partial charge in [-0.25, -0.2) is 4.98 Å². The van der Waals surface area contributed by atoms with Crippen LogP contribution in [-0.4, -0.2) is 27.9 Å². The van der Waals surface area contributed by atoms with E-state index < -0.39 is 0 Å². The summed E-state index contributed by atoms with van der Waals surface area (Å²) in [6, 6.07) is 7.02. The molecule has 2 fully saturated rings. The molecule has 0 amide bonds. The van der Waals surface area contributed by atoms with E-state index in [1.165, 1.54) is 31.2 Å². The number of imidazole rings is 1. The fraction of sp³-hybridized carbons (Fsp3) is 0.650. The molecule has 4 nitrogen and oxygen atoms in total. The van der Waals surface area contributed by atoms with Gasteiger partial charge >= 0.3 is 7.12 Å². The second kappa shape index (κ2) is 5.85. The second-order valence-corrected chi connectivity index (χ2v) is 8.91. The molecule has 1 aromatic heterocycles. The Hall–Kier alpha value is -1.33. The lowest BCUT2D eigenvalue weighted by Crippen LogP contribution is -2.41. The molecule has 0 bridgehead atoms. The zero-order valence-electron chi connectivity index (χ0n) is 16.1. The van der Waals surface area contributed by atoms with Crippen molar-refractivity contribution in [1.82, 2.24) is 9.55 Å². The maximum Gasteiger partial charge on any atom is 0.494 e.